The first kappa shape index (κ1) is 17.5. The van der Waals surface area contributed by atoms with Crippen molar-refractivity contribution < 1.29 is 22.7 Å². The summed E-state index contributed by atoms with van der Waals surface area (Å²) >= 11 is 0. The molecule has 0 radical (unpaired) electrons. The summed E-state index contributed by atoms with van der Waals surface area (Å²) in [4.78, 5) is 13.9. The minimum Gasteiger partial charge on any atom is -0.381 e. The summed E-state index contributed by atoms with van der Waals surface area (Å²) in [7, 11) is 0. The van der Waals surface area contributed by atoms with E-state index in [2.05, 4.69) is 5.32 Å². The van der Waals surface area contributed by atoms with Crippen molar-refractivity contribution in [3.8, 4) is 0 Å². The van der Waals surface area contributed by atoms with Gasteiger partial charge in [-0.3, -0.25) is 9.69 Å². The standard InChI is InChI=1S/C15H25F3N2O2/c1-14(2)10-20(6-3-12(14)15(16,17)18)9-13(21)19-11-4-7-22-8-5-11/h11-12H,3-10H2,1-2H3,(H,19,21). The number of alkyl halides is 3. The quantitative estimate of drug-likeness (QED) is 0.866. The van der Waals surface area contributed by atoms with E-state index in [4.69, 9.17) is 4.74 Å². The van der Waals surface area contributed by atoms with Crippen LogP contribution in [0.2, 0.25) is 0 Å². The predicted octanol–water partition coefficient (Wildman–Crippen LogP) is 2.19. The Morgan fingerprint density at radius 2 is 1.91 bits per heavy atom. The molecular weight excluding hydrogens is 297 g/mol. The second-order valence-electron chi connectivity index (χ2n) is 7.04. The van der Waals surface area contributed by atoms with Gasteiger partial charge >= 0.3 is 6.18 Å². The number of carbonyl (C=O) groups is 1. The van der Waals surface area contributed by atoms with Crippen LogP contribution in [0.15, 0.2) is 0 Å². The fraction of sp³-hybridized carbons (Fsp3) is 0.933. The summed E-state index contributed by atoms with van der Waals surface area (Å²) in [6, 6.07) is 0.127. The minimum atomic E-state index is -4.17. The van der Waals surface area contributed by atoms with Gasteiger partial charge in [-0.15, -0.1) is 0 Å². The molecule has 0 spiro atoms. The number of carbonyl (C=O) groups excluding carboxylic acids is 1. The van der Waals surface area contributed by atoms with Gasteiger partial charge in [0.05, 0.1) is 12.5 Å². The second-order valence-corrected chi connectivity index (χ2v) is 7.04. The molecule has 0 saturated carbocycles. The number of hydrogen-bond acceptors (Lipinski definition) is 3. The van der Waals surface area contributed by atoms with Crippen LogP contribution in [0.1, 0.15) is 33.1 Å². The van der Waals surface area contributed by atoms with Gasteiger partial charge in [0, 0.05) is 25.8 Å². The molecule has 4 nitrogen and oxygen atoms in total. The summed E-state index contributed by atoms with van der Waals surface area (Å²) in [5.74, 6) is -1.40. The van der Waals surface area contributed by atoms with Crippen LogP contribution in [0, 0.1) is 11.3 Å². The Bertz CT molecular complexity index is 393. The molecule has 7 heteroatoms. The molecule has 22 heavy (non-hydrogen) atoms. The van der Waals surface area contributed by atoms with E-state index in [1.807, 2.05) is 4.90 Å². The van der Waals surface area contributed by atoms with Crippen molar-refractivity contribution in [1.29, 1.82) is 0 Å². The molecule has 0 bridgehead atoms. The maximum absolute atomic E-state index is 13.0. The van der Waals surface area contributed by atoms with E-state index in [0.717, 1.165) is 12.8 Å². The lowest BCUT2D eigenvalue weighted by molar-refractivity contribution is -0.216. The van der Waals surface area contributed by atoms with Crippen molar-refractivity contribution in [2.24, 2.45) is 11.3 Å². The minimum absolute atomic E-state index is 0.0566. The van der Waals surface area contributed by atoms with Crippen molar-refractivity contribution in [3.05, 3.63) is 0 Å². The fourth-order valence-corrected chi connectivity index (χ4v) is 3.53. The highest BCUT2D eigenvalue weighted by atomic mass is 19.4. The molecular formula is C15H25F3N2O2. The molecule has 2 fully saturated rings. The third-order valence-corrected chi connectivity index (χ3v) is 4.66. The predicted molar refractivity (Wildman–Crippen MR) is 76.4 cm³/mol. The molecule has 0 aliphatic carbocycles. The first-order valence-corrected chi connectivity index (χ1v) is 7.84. The first-order chi connectivity index (χ1) is 10.2. The Labute approximate surface area is 129 Å². The molecule has 0 aromatic carbocycles. The van der Waals surface area contributed by atoms with Crippen LogP contribution < -0.4 is 5.32 Å². The van der Waals surface area contributed by atoms with Gasteiger partial charge in [-0.05, 0) is 31.2 Å². The van der Waals surface area contributed by atoms with Crippen molar-refractivity contribution in [1.82, 2.24) is 10.2 Å². The number of rotatable bonds is 3. The van der Waals surface area contributed by atoms with E-state index in [1.165, 1.54) is 0 Å². The van der Waals surface area contributed by atoms with Crippen LogP contribution in [0.5, 0.6) is 0 Å². The first-order valence-electron chi connectivity index (χ1n) is 7.84. The molecule has 2 heterocycles. The van der Waals surface area contributed by atoms with E-state index >= 15 is 0 Å². The number of halogens is 3. The average Bonchev–Trinajstić information content (AvgIpc) is 2.36. The number of piperidine rings is 1. The van der Waals surface area contributed by atoms with Gasteiger partial charge in [0.2, 0.25) is 5.91 Å². The van der Waals surface area contributed by atoms with E-state index in [1.54, 1.807) is 13.8 Å². The van der Waals surface area contributed by atoms with Gasteiger partial charge in [-0.2, -0.15) is 13.2 Å². The third-order valence-electron chi connectivity index (χ3n) is 4.66. The highest BCUT2D eigenvalue weighted by Crippen LogP contribution is 2.44. The summed E-state index contributed by atoms with van der Waals surface area (Å²) in [6.45, 7) is 5.34. The number of hydrogen-bond donors (Lipinski definition) is 1. The van der Waals surface area contributed by atoms with Crippen LogP contribution in [0.4, 0.5) is 13.2 Å². The Morgan fingerprint density at radius 1 is 1.27 bits per heavy atom. The van der Waals surface area contributed by atoms with Crippen LogP contribution in [0.3, 0.4) is 0 Å². The molecule has 2 aliphatic rings. The van der Waals surface area contributed by atoms with Crippen LogP contribution in [-0.4, -0.2) is 55.9 Å². The molecule has 0 aromatic heterocycles. The summed E-state index contributed by atoms with van der Waals surface area (Å²) in [6.07, 6.45) is -2.51. The maximum Gasteiger partial charge on any atom is 0.392 e. The number of nitrogens with zero attached hydrogens (tertiary/aromatic N) is 1. The topological polar surface area (TPSA) is 41.6 Å². The number of nitrogens with one attached hydrogen (secondary N) is 1. The zero-order chi connectivity index (χ0) is 16.4. The number of ether oxygens (including phenoxy) is 1. The monoisotopic (exact) mass is 322 g/mol. The lowest BCUT2D eigenvalue weighted by Crippen LogP contribution is -2.53. The van der Waals surface area contributed by atoms with Crippen LogP contribution >= 0.6 is 0 Å². The van der Waals surface area contributed by atoms with Crippen molar-refractivity contribution in [3.63, 3.8) is 0 Å². The average molecular weight is 322 g/mol. The molecule has 1 unspecified atom stereocenters. The smallest absolute Gasteiger partial charge is 0.381 e. The zero-order valence-corrected chi connectivity index (χ0v) is 13.2. The molecule has 1 atom stereocenters. The summed E-state index contributed by atoms with van der Waals surface area (Å²) < 4.78 is 44.3. The van der Waals surface area contributed by atoms with E-state index < -0.39 is 17.5 Å². The van der Waals surface area contributed by atoms with Gasteiger partial charge in [0.25, 0.3) is 0 Å². The molecule has 0 aromatic rings. The second kappa shape index (κ2) is 6.74. The summed E-state index contributed by atoms with van der Waals surface area (Å²) in [5, 5.41) is 2.95. The Balaban J connectivity index is 1.83. The normalized spacial score (nSPS) is 27.6. The highest BCUT2D eigenvalue weighted by molar-refractivity contribution is 5.78. The molecule has 2 saturated heterocycles. The highest BCUT2D eigenvalue weighted by Gasteiger charge is 2.51. The third kappa shape index (κ3) is 4.59. The summed E-state index contributed by atoms with van der Waals surface area (Å²) in [5.41, 5.74) is -0.866. The van der Waals surface area contributed by atoms with Gasteiger partial charge in [0.1, 0.15) is 0 Å². The molecule has 128 valence electrons. The van der Waals surface area contributed by atoms with Crippen molar-refractivity contribution in [2.45, 2.75) is 45.3 Å². The molecule has 2 rings (SSSR count). The number of amides is 1. The largest absolute Gasteiger partial charge is 0.392 e. The van der Waals surface area contributed by atoms with Gasteiger partial charge in [0.15, 0.2) is 0 Å². The van der Waals surface area contributed by atoms with E-state index in [-0.39, 0.29) is 24.9 Å². The van der Waals surface area contributed by atoms with Crippen molar-refractivity contribution in [2.75, 3.05) is 32.8 Å². The van der Waals surface area contributed by atoms with Crippen LogP contribution in [-0.2, 0) is 9.53 Å². The van der Waals surface area contributed by atoms with Crippen molar-refractivity contribution >= 4 is 5.91 Å². The molecule has 1 amide bonds. The fourth-order valence-electron chi connectivity index (χ4n) is 3.53. The van der Waals surface area contributed by atoms with Crippen LogP contribution in [0.25, 0.3) is 0 Å². The zero-order valence-electron chi connectivity index (χ0n) is 13.2. The lowest BCUT2D eigenvalue weighted by atomic mass is 9.73. The molecule has 2 aliphatic heterocycles. The Morgan fingerprint density at radius 3 is 2.45 bits per heavy atom. The van der Waals surface area contributed by atoms with E-state index in [0.29, 0.717) is 26.3 Å². The molecule has 1 N–H and O–H groups in total. The van der Waals surface area contributed by atoms with Gasteiger partial charge in [-0.25, -0.2) is 0 Å². The van der Waals surface area contributed by atoms with Gasteiger partial charge in [-0.1, -0.05) is 13.8 Å². The number of likely N-dealkylation sites (tertiary alicyclic amines) is 1. The SMILES string of the molecule is CC1(C)CN(CC(=O)NC2CCOCC2)CCC1C(F)(F)F. The van der Waals surface area contributed by atoms with E-state index in [9.17, 15) is 18.0 Å². The van der Waals surface area contributed by atoms with Gasteiger partial charge < -0.3 is 10.1 Å². The Hall–Kier alpha value is -0.820. The maximum atomic E-state index is 13.0. The lowest BCUT2D eigenvalue weighted by Gasteiger charge is -2.44. The Kier molecular flexibility index (Phi) is 5.37.